The Balaban J connectivity index is 1.42. The molecule has 0 fully saturated rings. The van der Waals surface area contributed by atoms with Crippen LogP contribution >= 0.6 is 23.5 Å². The molecule has 14 nitrogen and oxygen atoms in total. The number of unbranched alkanes of at least 4 members (excludes halogenated alkanes) is 4. The predicted octanol–water partition coefficient (Wildman–Crippen LogP) is 8.64. The largest absolute Gasteiger partial charge is 0.472 e. The highest BCUT2D eigenvalue weighted by atomic mass is 31.2. The molecule has 0 aliphatic heterocycles. The molecule has 4 rings (SSSR count). The quantitative estimate of drug-likeness (QED) is 0.0389. The predicted molar refractivity (Wildman–Crippen MR) is 230 cm³/mol. The first kappa shape index (κ1) is 47.9. The summed E-state index contributed by atoms with van der Waals surface area (Å²) in [6.07, 6.45) is 4.56. The van der Waals surface area contributed by atoms with Gasteiger partial charge in [0.2, 0.25) is 0 Å². The summed E-state index contributed by atoms with van der Waals surface area (Å²) in [5.41, 5.74) is 5.30. The molecule has 0 amide bonds. The third-order valence-corrected chi connectivity index (χ3v) is 11.6. The van der Waals surface area contributed by atoms with Gasteiger partial charge in [-0.15, -0.1) is 0 Å². The van der Waals surface area contributed by atoms with Crippen LogP contribution in [0.2, 0.25) is 0 Å². The van der Waals surface area contributed by atoms with Crippen molar-refractivity contribution in [3.63, 3.8) is 0 Å². The van der Waals surface area contributed by atoms with Crippen LogP contribution in [0, 0.1) is 23.7 Å². The van der Waals surface area contributed by atoms with Crippen molar-refractivity contribution in [2.45, 2.75) is 45.6 Å². The Morgan fingerprint density at radius 1 is 0.525 bits per heavy atom. The topological polar surface area (TPSA) is 174 Å². The van der Waals surface area contributed by atoms with E-state index in [0.717, 1.165) is 59.0 Å². The van der Waals surface area contributed by atoms with Gasteiger partial charge in [0.05, 0.1) is 39.6 Å². The van der Waals surface area contributed by atoms with Gasteiger partial charge in [-0.3, -0.25) is 27.1 Å². The SMILES string of the molecule is CCCCCCCOP(=O)(O)OCCOP(=O)(O)OCCOP(=O)(O)OCc1cc(C#Cc2ccc(N(C)C)cc2)c2ccccc2c1C#Cc1ccc(N(C)C)cc1. The molecule has 0 radical (unpaired) electrons. The van der Waals surface area contributed by atoms with Gasteiger partial charge in [-0.25, -0.2) is 13.7 Å². The molecule has 17 heteroatoms. The van der Waals surface area contributed by atoms with Crippen molar-refractivity contribution in [1.29, 1.82) is 0 Å². The Morgan fingerprint density at radius 2 is 0.966 bits per heavy atom. The fraction of sp³-hybridized carbons (Fsp3) is 0.381. The summed E-state index contributed by atoms with van der Waals surface area (Å²) in [5.74, 6) is 12.9. The molecule has 3 unspecified atom stereocenters. The van der Waals surface area contributed by atoms with Crippen LogP contribution in [0.15, 0.2) is 78.9 Å². The molecule has 3 N–H and O–H groups in total. The Kier molecular flexibility index (Phi) is 18.9. The number of anilines is 2. The van der Waals surface area contributed by atoms with Crippen molar-refractivity contribution >= 4 is 45.6 Å². The summed E-state index contributed by atoms with van der Waals surface area (Å²) in [7, 11) is -5.98. The second-order valence-electron chi connectivity index (χ2n) is 13.6. The van der Waals surface area contributed by atoms with Crippen molar-refractivity contribution in [3.05, 3.63) is 107 Å². The molecule has 0 heterocycles. The highest BCUT2D eigenvalue weighted by Gasteiger charge is 2.26. The molecule has 0 bridgehead atoms. The second-order valence-corrected chi connectivity index (χ2v) is 18.0. The average Bonchev–Trinajstić information content (AvgIpc) is 3.20. The zero-order chi connectivity index (χ0) is 42.9. The average molecular weight is 871 g/mol. The van der Waals surface area contributed by atoms with Crippen molar-refractivity contribution in [2.24, 2.45) is 0 Å². The summed E-state index contributed by atoms with van der Waals surface area (Å²) < 4.78 is 67.0. The number of hydrogen-bond donors (Lipinski definition) is 3. The van der Waals surface area contributed by atoms with Crippen LogP contribution < -0.4 is 9.80 Å². The van der Waals surface area contributed by atoms with Gasteiger partial charge in [0.15, 0.2) is 0 Å². The summed E-state index contributed by atoms with van der Waals surface area (Å²) >= 11 is 0. The van der Waals surface area contributed by atoms with Crippen molar-refractivity contribution in [1.82, 2.24) is 0 Å². The molecular formula is C42H53N2O12P3. The van der Waals surface area contributed by atoms with E-state index in [1.807, 2.05) is 111 Å². The highest BCUT2D eigenvalue weighted by molar-refractivity contribution is 7.48. The maximum absolute atomic E-state index is 13.0. The molecule has 0 spiro atoms. The van der Waals surface area contributed by atoms with Crippen LogP contribution in [0.3, 0.4) is 0 Å². The van der Waals surface area contributed by atoms with Gasteiger partial charge in [-0.2, -0.15) is 0 Å². The lowest BCUT2D eigenvalue weighted by molar-refractivity contribution is 0.0856. The number of phosphoric acid groups is 3. The van der Waals surface area contributed by atoms with Gasteiger partial charge >= 0.3 is 23.5 Å². The number of hydrogen-bond acceptors (Lipinski definition) is 11. The molecule has 318 valence electrons. The highest BCUT2D eigenvalue weighted by Crippen LogP contribution is 2.47. The molecule has 0 aromatic heterocycles. The molecule has 0 aliphatic carbocycles. The van der Waals surface area contributed by atoms with E-state index >= 15 is 0 Å². The van der Waals surface area contributed by atoms with Gasteiger partial charge in [-0.05, 0) is 77.4 Å². The zero-order valence-corrected chi connectivity index (χ0v) is 36.7. The summed E-state index contributed by atoms with van der Waals surface area (Å²) in [5, 5.41) is 1.59. The van der Waals surface area contributed by atoms with E-state index in [1.165, 1.54) is 0 Å². The summed E-state index contributed by atoms with van der Waals surface area (Å²) in [4.78, 5) is 34.3. The van der Waals surface area contributed by atoms with Gasteiger partial charge in [0.25, 0.3) is 0 Å². The first-order valence-corrected chi connectivity index (χ1v) is 23.6. The van der Waals surface area contributed by atoms with Crippen LogP contribution in [0.4, 0.5) is 11.4 Å². The number of phosphoric ester groups is 3. The van der Waals surface area contributed by atoms with E-state index in [2.05, 4.69) is 30.6 Å². The van der Waals surface area contributed by atoms with E-state index < -0.39 is 56.5 Å². The lowest BCUT2D eigenvalue weighted by Crippen LogP contribution is -2.08. The van der Waals surface area contributed by atoms with Crippen LogP contribution in [0.5, 0.6) is 0 Å². The molecular weight excluding hydrogens is 817 g/mol. The minimum atomic E-state index is -4.74. The van der Waals surface area contributed by atoms with E-state index in [1.54, 1.807) is 6.07 Å². The Labute approximate surface area is 347 Å². The standard InChI is InChI=1S/C42H53N2O12P3/c1-6-7-8-9-12-27-51-57(45,46)52-28-29-53-58(47,48)54-30-31-55-59(49,50)56-33-37-32-36(21-15-34-16-22-38(23-17-34)43(2)3)40-13-10-11-14-42(40)41(37)26-20-35-18-24-39(25-19-35)44(4)5/h10-11,13-14,16-19,22-25,32H,6-9,12,27-31,33H2,1-5H3,(H,45,46)(H,47,48)(H,49,50). The first-order chi connectivity index (χ1) is 28.1. The third kappa shape index (κ3) is 16.6. The molecule has 0 aliphatic rings. The van der Waals surface area contributed by atoms with Crippen LogP contribution in [0.1, 0.15) is 66.8 Å². The molecule has 4 aromatic rings. The monoisotopic (exact) mass is 870 g/mol. The van der Waals surface area contributed by atoms with E-state index in [0.29, 0.717) is 23.1 Å². The summed E-state index contributed by atoms with van der Waals surface area (Å²) in [6, 6.07) is 24.9. The third-order valence-electron chi connectivity index (χ3n) is 8.64. The fourth-order valence-electron chi connectivity index (χ4n) is 5.52. The summed E-state index contributed by atoms with van der Waals surface area (Å²) in [6.45, 7) is -0.638. The van der Waals surface area contributed by atoms with Gasteiger partial charge in [-0.1, -0.05) is 80.6 Å². The fourth-order valence-corrected chi connectivity index (χ4v) is 7.62. The minimum absolute atomic E-state index is 0.0328. The Bertz CT molecular complexity index is 2240. The molecule has 0 saturated carbocycles. The Morgan fingerprint density at radius 3 is 1.46 bits per heavy atom. The van der Waals surface area contributed by atoms with Crippen molar-refractivity contribution in [2.75, 3.05) is 71.0 Å². The molecule has 0 saturated heterocycles. The number of rotatable bonds is 22. The van der Waals surface area contributed by atoms with Gasteiger partial charge in [0.1, 0.15) is 0 Å². The molecule has 3 atom stereocenters. The lowest BCUT2D eigenvalue weighted by atomic mass is 9.94. The minimum Gasteiger partial charge on any atom is -0.378 e. The second kappa shape index (κ2) is 23.3. The number of benzene rings is 4. The van der Waals surface area contributed by atoms with Crippen molar-refractivity contribution in [3.8, 4) is 23.7 Å². The van der Waals surface area contributed by atoms with Crippen molar-refractivity contribution < 1.29 is 55.5 Å². The van der Waals surface area contributed by atoms with Gasteiger partial charge in [0, 0.05) is 61.8 Å². The zero-order valence-electron chi connectivity index (χ0n) is 34.0. The van der Waals surface area contributed by atoms with E-state index in [-0.39, 0.29) is 6.61 Å². The number of fused-ring (bicyclic) bond motifs is 1. The molecule has 4 aromatic carbocycles. The first-order valence-electron chi connectivity index (χ1n) is 19.1. The molecule has 59 heavy (non-hydrogen) atoms. The van der Waals surface area contributed by atoms with Crippen LogP contribution in [-0.2, 0) is 47.4 Å². The van der Waals surface area contributed by atoms with E-state index in [4.69, 9.17) is 27.1 Å². The smallest absolute Gasteiger partial charge is 0.378 e. The van der Waals surface area contributed by atoms with E-state index in [9.17, 15) is 28.4 Å². The van der Waals surface area contributed by atoms with Crippen LogP contribution in [0.25, 0.3) is 10.8 Å². The maximum Gasteiger partial charge on any atom is 0.472 e. The van der Waals surface area contributed by atoms with Gasteiger partial charge < -0.3 is 24.5 Å². The number of nitrogens with zero attached hydrogens (tertiary/aromatic N) is 2. The lowest BCUT2D eigenvalue weighted by Gasteiger charge is -2.16. The normalized spacial score (nSPS) is 14.2. The maximum atomic E-state index is 13.0. The Hall–Kier alpha value is -3.81. The van der Waals surface area contributed by atoms with Crippen LogP contribution in [-0.4, -0.2) is 75.9 Å².